The second-order valence-electron chi connectivity index (χ2n) is 6.67. The molecule has 0 aliphatic heterocycles. The second kappa shape index (κ2) is 8.27. The quantitative estimate of drug-likeness (QED) is 0.404. The molecular formula is C20H15ClF2N6O3. The maximum atomic E-state index is 13.2. The predicted octanol–water partition coefficient (Wildman–Crippen LogP) is 3.66. The average molecular weight is 461 g/mol. The van der Waals surface area contributed by atoms with Gasteiger partial charge in [0.1, 0.15) is 5.69 Å². The van der Waals surface area contributed by atoms with Crippen LogP contribution in [0.4, 0.5) is 14.5 Å². The number of H-pyrrole nitrogens is 1. The molecule has 164 valence electrons. The van der Waals surface area contributed by atoms with Gasteiger partial charge in [-0.2, -0.15) is 8.78 Å². The molecule has 0 fully saturated rings. The van der Waals surface area contributed by atoms with Gasteiger partial charge in [-0.1, -0.05) is 11.6 Å². The minimum atomic E-state index is -3.16. The fraction of sp³-hybridized carbons (Fsp3) is 0.100. The smallest absolute Gasteiger partial charge is 0.388 e. The number of aromatic nitrogens is 4. The number of alkyl halides is 2. The Hall–Kier alpha value is -3.99. The number of aryl methyl sites for hydroxylation is 1. The summed E-state index contributed by atoms with van der Waals surface area (Å²) in [6.07, 6.45) is 3.03. The number of pyridine rings is 1. The molecule has 0 saturated carbocycles. The number of benzene rings is 1. The predicted molar refractivity (Wildman–Crippen MR) is 113 cm³/mol. The number of hydrogen-bond donors (Lipinski definition) is 3. The Bertz CT molecular complexity index is 1350. The lowest BCUT2D eigenvalue weighted by Gasteiger charge is -2.14. The second-order valence-corrected chi connectivity index (χ2v) is 7.08. The van der Waals surface area contributed by atoms with Crippen LogP contribution in [0.2, 0.25) is 5.02 Å². The van der Waals surface area contributed by atoms with Crippen molar-refractivity contribution in [2.24, 2.45) is 5.73 Å². The Balaban J connectivity index is 1.81. The van der Waals surface area contributed by atoms with Crippen molar-refractivity contribution in [2.45, 2.75) is 13.5 Å². The van der Waals surface area contributed by atoms with Gasteiger partial charge in [0, 0.05) is 23.8 Å². The SMILES string of the molecule is Cc1cc2cc[nH]c2c(C(N)=O)c1NC(=O)c1cc(OC(F)F)nn1-c1ncccc1Cl. The van der Waals surface area contributed by atoms with E-state index < -0.39 is 24.3 Å². The van der Waals surface area contributed by atoms with Crippen LogP contribution in [0.3, 0.4) is 0 Å². The molecule has 3 heterocycles. The molecule has 0 aliphatic rings. The highest BCUT2D eigenvalue weighted by molar-refractivity contribution is 6.32. The molecule has 0 spiro atoms. The first kappa shape index (κ1) is 21.2. The minimum Gasteiger partial charge on any atom is -0.415 e. The van der Waals surface area contributed by atoms with Crippen molar-refractivity contribution in [1.82, 2.24) is 19.7 Å². The van der Waals surface area contributed by atoms with Crippen molar-refractivity contribution in [3.63, 3.8) is 0 Å². The van der Waals surface area contributed by atoms with E-state index >= 15 is 0 Å². The number of halogens is 3. The summed E-state index contributed by atoms with van der Waals surface area (Å²) < 4.78 is 30.8. The van der Waals surface area contributed by atoms with Crippen LogP contribution in [0.1, 0.15) is 26.4 Å². The largest absolute Gasteiger partial charge is 0.415 e. The number of ether oxygens (including phenoxy) is 1. The van der Waals surface area contributed by atoms with Gasteiger partial charge < -0.3 is 20.8 Å². The summed E-state index contributed by atoms with van der Waals surface area (Å²) in [4.78, 5) is 32.3. The van der Waals surface area contributed by atoms with E-state index in [0.717, 1.165) is 16.1 Å². The van der Waals surface area contributed by atoms with Crippen LogP contribution in [-0.2, 0) is 0 Å². The summed E-state index contributed by atoms with van der Waals surface area (Å²) >= 11 is 6.15. The van der Waals surface area contributed by atoms with Gasteiger partial charge in [0.15, 0.2) is 5.82 Å². The van der Waals surface area contributed by atoms with Crippen LogP contribution in [0.25, 0.3) is 16.7 Å². The van der Waals surface area contributed by atoms with Crippen LogP contribution in [-0.4, -0.2) is 38.2 Å². The topological polar surface area (TPSA) is 128 Å². The summed E-state index contributed by atoms with van der Waals surface area (Å²) in [5.41, 5.74) is 6.60. The number of carbonyl (C=O) groups is 2. The highest BCUT2D eigenvalue weighted by Gasteiger charge is 2.24. The van der Waals surface area contributed by atoms with E-state index in [9.17, 15) is 18.4 Å². The number of hydrogen-bond acceptors (Lipinski definition) is 5. The lowest BCUT2D eigenvalue weighted by atomic mass is 10.0. The standard InChI is InChI=1S/C20H15ClF2N6O3/c1-9-7-10-4-6-25-16(10)14(17(24)30)15(9)27-19(31)12-8-13(32-20(22)23)28-29(12)18-11(21)3-2-5-26-18/h2-8,20,25H,1H3,(H2,24,30)(H,27,31). The third-order valence-corrected chi connectivity index (χ3v) is 4.89. The summed E-state index contributed by atoms with van der Waals surface area (Å²) in [6.45, 7) is -1.47. The zero-order valence-corrected chi connectivity index (χ0v) is 17.2. The van der Waals surface area contributed by atoms with Crippen LogP contribution < -0.4 is 15.8 Å². The molecule has 2 amide bonds. The number of nitrogens with two attached hydrogens (primary N) is 1. The van der Waals surface area contributed by atoms with E-state index in [1.807, 2.05) is 0 Å². The fourth-order valence-corrected chi connectivity index (χ4v) is 3.50. The lowest BCUT2D eigenvalue weighted by molar-refractivity contribution is -0.0530. The molecule has 9 nitrogen and oxygen atoms in total. The number of carbonyl (C=O) groups excluding carboxylic acids is 2. The van der Waals surface area contributed by atoms with Crippen molar-refractivity contribution >= 4 is 40.0 Å². The van der Waals surface area contributed by atoms with Gasteiger partial charge in [-0.15, -0.1) is 5.10 Å². The molecule has 1 aromatic carbocycles. The van der Waals surface area contributed by atoms with Gasteiger partial charge in [-0.25, -0.2) is 9.67 Å². The number of aromatic amines is 1. The molecule has 0 aliphatic carbocycles. The Labute approximate surface area is 184 Å². The molecule has 4 rings (SSSR count). The van der Waals surface area contributed by atoms with E-state index in [1.165, 1.54) is 12.3 Å². The number of primary amides is 1. The van der Waals surface area contributed by atoms with Crippen molar-refractivity contribution in [2.75, 3.05) is 5.32 Å². The molecule has 4 aromatic rings. The normalized spacial score (nSPS) is 11.2. The van der Waals surface area contributed by atoms with Crippen molar-refractivity contribution < 1.29 is 23.1 Å². The van der Waals surface area contributed by atoms with Gasteiger partial charge in [0.25, 0.3) is 11.8 Å². The monoisotopic (exact) mass is 460 g/mol. The molecule has 4 N–H and O–H groups in total. The molecule has 0 atom stereocenters. The highest BCUT2D eigenvalue weighted by Crippen LogP contribution is 2.30. The summed E-state index contributed by atoms with van der Waals surface area (Å²) in [6, 6.07) is 7.58. The Kier molecular flexibility index (Phi) is 5.49. The summed E-state index contributed by atoms with van der Waals surface area (Å²) in [7, 11) is 0. The Morgan fingerprint density at radius 3 is 2.78 bits per heavy atom. The number of anilines is 1. The number of rotatable bonds is 6. The fourth-order valence-electron chi connectivity index (χ4n) is 3.30. The van der Waals surface area contributed by atoms with E-state index in [1.54, 1.807) is 31.3 Å². The first-order valence-electron chi connectivity index (χ1n) is 9.14. The molecule has 0 bridgehead atoms. The molecule has 3 aromatic heterocycles. The number of fused-ring (bicyclic) bond motifs is 1. The van der Waals surface area contributed by atoms with E-state index in [-0.39, 0.29) is 27.8 Å². The van der Waals surface area contributed by atoms with Crippen LogP contribution in [0, 0.1) is 6.92 Å². The van der Waals surface area contributed by atoms with Crippen LogP contribution >= 0.6 is 11.6 Å². The molecule has 0 unspecified atom stereocenters. The zero-order valence-electron chi connectivity index (χ0n) is 16.4. The van der Waals surface area contributed by atoms with Gasteiger partial charge in [0.2, 0.25) is 5.88 Å². The third kappa shape index (κ3) is 3.85. The van der Waals surface area contributed by atoms with E-state index in [2.05, 4.69) is 25.1 Å². The Morgan fingerprint density at radius 1 is 1.31 bits per heavy atom. The first-order chi connectivity index (χ1) is 15.3. The lowest BCUT2D eigenvalue weighted by Crippen LogP contribution is -2.22. The number of amides is 2. The average Bonchev–Trinajstić information content (AvgIpc) is 3.34. The molecule has 0 saturated heterocycles. The van der Waals surface area contributed by atoms with Gasteiger partial charge >= 0.3 is 6.61 Å². The maximum Gasteiger partial charge on any atom is 0.388 e. The molecule has 12 heteroatoms. The zero-order chi connectivity index (χ0) is 23.0. The number of nitrogens with one attached hydrogen (secondary N) is 2. The van der Waals surface area contributed by atoms with E-state index in [4.69, 9.17) is 17.3 Å². The Morgan fingerprint density at radius 2 is 2.09 bits per heavy atom. The maximum absolute atomic E-state index is 13.2. The summed E-state index contributed by atoms with van der Waals surface area (Å²) in [5, 5.41) is 7.34. The molecule has 0 radical (unpaired) electrons. The summed E-state index contributed by atoms with van der Waals surface area (Å²) in [5.74, 6) is -2.03. The minimum absolute atomic E-state index is 0.0232. The van der Waals surface area contributed by atoms with Gasteiger partial charge in [0.05, 0.1) is 21.8 Å². The molecule has 32 heavy (non-hydrogen) atoms. The van der Waals surface area contributed by atoms with Crippen molar-refractivity contribution in [1.29, 1.82) is 0 Å². The third-order valence-electron chi connectivity index (χ3n) is 4.60. The number of nitrogens with zero attached hydrogens (tertiary/aromatic N) is 3. The highest BCUT2D eigenvalue weighted by atomic mass is 35.5. The van der Waals surface area contributed by atoms with Crippen molar-refractivity contribution in [3.8, 4) is 11.7 Å². The van der Waals surface area contributed by atoms with Gasteiger partial charge in [-0.05, 0) is 36.8 Å². The van der Waals surface area contributed by atoms with Crippen LogP contribution in [0.15, 0.2) is 42.7 Å². The van der Waals surface area contributed by atoms with Gasteiger partial charge in [-0.3, -0.25) is 9.59 Å². The van der Waals surface area contributed by atoms with E-state index in [0.29, 0.717) is 11.1 Å². The van der Waals surface area contributed by atoms with Crippen molar-refractivity contribution in [3.05, 3.63) is 64.6 Å². The molecular weight excluding hydrogens is 446 g/mol. The van der Waals surface area contributed by atoms with Crippen LogP contribution in [0.5, 0.6) is 5.88 Å². The first-order valence-corrected chi connectivity index (χ1v) is 9.51.